The number of rotatable bonds is 4. The molecule has 2 aromatic rings. The summed E-state index contributed by atoms with van der Waals surface area (Å²) < 4.78 is 4.97. The van der Waals surface area contributed by atoms with Gasteiger partial charge in [0.25, 0.3) is 5.91 Å². The lowest BCUT2D eigenvalue weighted by Crippen LogP contribution is -2.41. The third-order valence-electron chi connectivity index (χ3n) is 2.77. The number of carbonyl (C=O) groups excluding carboxylic acids is 2. The van der Waals surface area contributed by atoms with Crippen LogP contribution in [0.4, 0.5) is 5.69 Å². The molecule has 1 atom stereocenters. The van der Waals surface area contributed by atoms with Gasteiger partial charge in [0.2, 0.25) is 5.91 Å². The van der Waals surface area contributed by atoms with E-state index in [-0.39, 0.29) is 11.7 Å². The van der Waals surface area contributed by atoms with E-state index in [0.717, 1.165) is 5.56 Å². The lowest BCUT2D eigenvalue weighted by atomic mass is 10.2. The van der Waals surface area contributed by atoms with Crippen LogP contribution in [-0.4, -0.2) is 17.9 Å². The summed E-state index contributed by atoms with van der Waals surface area (Å²) in [4.78, 5) is 23.7. The van der Waals surface area contributed by atoms with Crippen LogP contribution in [0.1, 0.15) is 23.0 Å². The van der Waals surface area contributed by atoms with Gasteiger partial charge in [0, 0.05) is 5.69 Å². The van der Waals surface area contributed by atoms with E-state index in [1.165, 1.54) is 6.26 Å². The predicted molar refractivity (Wildman–Crippen MR) is 75.4 cm³/mol. The van der Waals surface area contributed by atoms with E-state index < -0.39 is 11.9 Å². The number of nitrogens with one attached hydrogen (secondary N) is 2. The highest BCUT2D eigenvalue weighted by atomic mass is 16.3. The van der Waals surface area contributed by atoms with E-state index in [4.69, 9.17) is 4.42 Å². The molecule has 20 heavy (non-hydrogen) atoms. The SMILES string of the molecule is Cc1cccc(NC(=O)C(C)NC(=O)c2ccco2)c1. The number of hydrogen-bond acceptors (Lipinski definition) is 3. The summed E-state index contributed by atoms with van der Waals surface area (Å²) in [6, 6.07) is 9.96. The van der Waals surface area contributed by atoms with Gasteiger partial charge in [-0.2, -0.15) is 0 Å². The van der Waals surface area contributed by atoms with E-state index >= 15 is 0 Å². The predicted octanol–water partition coefficient (Wildman–Crippen LogP) is 2.35. The fourth-order valence-electron chi connectivity index (χ4n) is 1.71. The topological polar surface area (TPSA) is 71.3 Å². The Morgan fingerprint density at radius 3 is 2.65 bits per heavy atom. The summed E-state index contributed by atoms with van der Waals surface area (Å²) in [6.45, 7) is 3.56. The molecule has 1 heterocycles. The number of amides is 2. The van der Waals surface area contributed by atoms with Gasteiger partial charge in [-0.1, -0.05) is 12.1 Å². The highest BCUT2D eigenvalue weighted by Gasteiger charge is 2.18. The number of aryl methyl sites for hydroxylation is 1. The second-order valence-electron chi connectivity index (χ2n) is 4.53. The maximum absolute atomic E-state index is 12.0. The first-order valence-electron chi connectivity index (χ1n) is 6.28. The summed E-state index contributed by atoms with van der Waals surface area (Å²) in [5.41, 5.74) is 1.75. The molecule has 0 fully saturated rings. The summed E-state index contributed by atoms with van der Waals surface area (Å²) in [7, 11) is 0. The number of benzene rings is 1. The van der Waals surface area contributed by atoms with Gasteiger partial charge in [-0.15, -0.1) is 0 Å². The summed E-state index contributed by atoms with van der Waals surface area (Å²) in [6.07, 6.45) is 1.41. The van der Waals surface area contributed by atoms with Crippen LogP contribution in [0, 0.1) is 6.92 Å². The smallest absolute Gasteiger partial charge is 0.287 e. The van der Waals surface area contributed by atoms with E-state index in [2.05, 4.69) is 10.6 Å². The van der Waals surface area contributed by atoms with Crippen molar-refractivity contribution in [2.75, 3.05) is 5.32 Å². The van der Waals surface area contributed by atoms with Gasteiger partial charge in [-0.05, 0) is 43.7 Å². The molecule has 104 valence electrons. The van der Waals surface area contributed by atoms with Crippen molar-refractivity contribution < 1.29 is 14.0 Å². The molecule has 0 spiro atoms. The zero-order chi connectivity index (χ0) is 14.5. The summed E-state index contributed by atoms with van der Waals surface area (Å²) >= 11 is 0. The van der Waals surface area contributed by atoms with Crippen LogP contribution < -0.4 is 10.6 Å². The zero-order valence-corrected chi connectivity index (χ0v) is 11.3. The summed E-state index contributed by atoms with van der Waals surface area (Å²) in [5, 5.41) is 5.32. The Morgan fingerprint density at radius 1 is 1.20 bits per heavy atom. The molecule has 0 aliphatic rings. The third kappa shape index (κ3) is 3.47. The van der Waals surface area contributed by atoms with Crippen molar-refractivity contribution in [3.05, 3.63) is 54.0 Å². The van der Waals surface area contributed by atoms with Gasteiger partial charge in [0.15, 0.2) is 5.76 Å². The molecule has 5 nitrogen and oxygen atoms in total. The van der Waals surface area contributed by atoms with E-state index in [9.17, 15) is 9.59 Å². The highest BCUT2D eigenvalue weighted by molar-refractivity contribution is 5.99. The standard InChI is InChI=1S/C15H16N2O3/c1-10-5-3-6-12(9-10)17-14(18)11(2)16-15(19)13-7-4-8-20-13/h3-9,11H,1-2H3,(H,16,19)(H,17,18). The molecule has 0 radical (unpaired) electrons. The van der Waals surface area contributed by atoms with Crippen LogP contribution in [-0.2, 0) is 4.79 Å². The Balaban J connectivity index is 1.94. The maximum Gasteiger partial charge on any atom is 0.287 e. The van der Waals surface area contributed by atoms with Crippen molar-refractivity contribution in [2.45, 2.75) is 19.9 Å². The second kappa shape index (κ2) is 6.06. The molecule has 2 N–H and O–H groups in total. The average Bonchev–Trinajstić information content (AvgIpc) is 2.92. The fraction of sp³-hybridized carbons (Fsp3) is 0.200. The minimum atomic E-state index is -0.659. The molecule has 0 bridgehead atoms. The quantitative estimate of drug-likeness (QED) is 0.897. The lowest BCUT2D eigenvalue weighted by molar-refractivity contribution is -0.117. The van der Waals surface area contributed by atoms with E-state index in [1.807, 2.05) is 25.1 Å². The van der Waals surface area contributed by atoms with Gasteiger partial charge in [-0.3, -0.25) is 9.59 Å². The van der Waals surface area contributed by atoms with Crippen LogP contribution in [0.2, 0.25) is 0 Å². The Morgan fingerprint density at radius 2 is 2.00 bits per heavy atom. The van der Waals surface area contributed by atoms with Crippen LogP contribution in [0.3, 0.4) is 0 Å². The molecular weight excluding hydrogens is 256 g/mol. The first-order chi connectivity index (χ1) is 9.56. The van der Waals surface area contributed by atoms with E-state index in [0.29, 0.717) is 5.69 Å². The molecule has 2 amide bonds. The van der Waals surface area contributed by atoms with Crippen LogP contribution in [0.25, 0.3) is 0 Å². The second-order valence-corrected chi connectivity index (χ2v) is 4.53. The molecule has 1 aromatic carbocycles. The highest BCUT2D eigenvalue weighted by Crippen LogP contribution is 2.10. The molecule has 1 unspecified atom stereocenters. The van der Waals surface area contributed by atoms with E-state index in [1.54, 1.807) is 25.1 Å². The largest absolute Gasteiger partial charge is 0.459 e. The molecule has 0 aliphatic carbocycles. The van der Waals surface area contributed by atoms with Crippen LogP contribution in [0.5, 0.6) is 0 Å². The Hall–Kier alpha value is -2.56. The molecule has 0 aliphatic heterocycles. The molecule has 0 saturated carbocycles. The normalized spacial score (nSPS) is 11.7. The Labute approximate surface area is 117 Å². The van der Waals surface area contributed by atoms with Crippen molar-refractivity contribution in [1.29, 1.82) is 0 Å². The van der Waals surface area contributed by atoms with Crippen molar-refractivity contribution in [2.24, 2.45) is 0 Å². The molecule has 0 saturated heterocycles. The number of carbonyl (C=O) groups is 2. The monoisotopic (exact) mass is 272 g/mol. The number of furan rings is 1. The number of hydrogen-bond donors (Lipinski definition) is 2. The van der Waals surface area contributed by atoms with Crippen molar-refractivity contribution in [3.8, 4) is 0 Å². The van der Waals surface area contributed by atoms with Gasteiger partial charge in [0.1, 0.15) is 6.04 Å². The zero-order valence-electron chi connectivity index (χ0n) is 11.3. The average molecular weight is 272 g/mol. The van der Waals surface area contributed by atoms with Crippen LogP contribution in [0.15, 0.2) is 47.1 Å². The molecular formula is C15H16N2O3. The number of anilines is 1. The van der Waals surface area contributed by atoms with Gasteiger partial charge < -0.3 is 15.1 Å². The van der Waals surface area contributed by atoms with Gasteiger partial charge in [0.05, 0.1) is 6.26 Å². The Kier molecular flexibility index (Phi) is 4.20. The fourth-order valence-corrected chi connectivity index (χ4v) is 1.71. The molecule has 5 heteroatoms. The minimum Gasteiger partial charge on any atom is -0.459 e. The minimum absolute atomic E-state index is 0.181. The van der Waals surface area contributed by atoms with Crippen LogP contribution >= 0.6 is 0 Å². The maximum atomic E-state index is 12.0. The Bertz CT molecular complexity index is 605. The molecule has 1 aromatic heterocycles. The lowest BCUT2D eigenvalue weighted by Gasteiger charge is -2.13. The first kappa shape index (κ1) is 13.9. The first-order valence-corrected chi connectivity index (χ1v) is 6.28. The summed E-state index contributed by atoms with van der Waals surface area (Å²) in [5.74, 6) is -0.516. The third-order valence-corrected chi connectivity index (χ3v) is 2.77. The van der Waals surface area contributed by atoms with Crippen molar-refractivity contribution >= 4 is 17.5 Å². The van der Waals surface area contributed by atoms with Crippen molar-refractivity contribution in [3.63, 3.8) is 0 Å². The van der Waals surface area contributed by atoms with Gasteiger partial charge in [-0.25, -0.2) is 0 Å². The molecule has 2 rings (SSSR count). The van der Waals surface area contributed by atoms with Gasteiger partial charge >= 0.3 is 0 Å². The van der Waals surface area contributed by atoms with Crippen molar-refractivity contribution in [1.82, 2.24) is 5.32 Å².